The second kappa shape index (κ2) is 6.91. The number of aryl methyl sites for hydroxylation is 2. The molecule has 0 aliphatic heterocycles. The number of pyridine rings is 1. The predicted molar refractivity (Wildman–Crippen MR) is 96.9 cm³/mol. The maximum absolute atomic E-state index is 12.6. The molecule has 3 rings (SSSR count). The van der Waals surface area contributed by atoms with Crippen molar-refractivity contribution in [1.29, 1.82) is 0 Å². The summed E-state index contributed by atoms with van der Waals surface area (Å²) in [5.41, 5.74) is 1.08. The third kappa shape index (κ3) is 3.71. The Balaban J connectivity index is 1.70. The Hall–Kier alpha value is -2.29. The van der Waals surface area contributed by atoms with E-state index in [9.17, 15) is 14.4 Å². The van der Waals surface area contributed by atoms with Gasteiger partial charge in [-0.3, -0.25) is 24.2 Å². The van der Waals surface area contributed by atoms with Crippen molar-refractivity contribution >= 4 is 34.6 Å². The number of aromatic nitrogens is 3. The lowest BCUT2D eigenvalue weighted by Gasteiger charge is -2.08. The number of aromatic amines is 1. The zero-order valence-electron chi connectivity index (χ0n) is 14.4. The first kappa shape index (κ1) is 17.5. The zero-order chi connectivity index (χ0) is 18.1. The van der Waals surface area contributed by atoms with Crippen LogP contribution in [-0.4, -0.2) is 50.2 Å². The third-order valence-corrected chi connectivity index (χ3v) is 4.95. The third-order valence-electron chi connectivity index (χ3n) is 4.08. The van der Waals surface area contributed by atoms with E-state index < -0.39 is 0 Å². The molecule has 0 saturated heterocycles. The fourth-order valence-corrected chi connectivity index (χ4v) is 3.24. The Labute approximate surface area is 148 Å². The van der Waals surface area contributed by atoms with E-state index in [1.54, 1.807) is 31.8 Å². The summed E-state index contributed by atoms with van der Waals surface area (Å²) in [5.74, 6) is 0.977. The molecule has 134 valence electrons. The predicted octanol–water partition coefficient (Wildman–Crippen LogP) is 0.310. The number of carbonyl (C=O) groups excluding carboxylic acids is 2. The van der Waals surface area contributed by atoms with Crippen molar-refractivity contribution in [3.05, 3.63) is 27.7 Å². The molecule has 2 atom stereocenters. The van der Waals surface area contributed by atoms with E-state index in [2.05, 4.69) is 20.7 Å². The number of nitrogens with one attached hydrogen (secondary N) is 3. The minimum absolute atomic E-state index is 0.0183. The van der Waals surface area contributed by atoms with Crippen molar-refractivity contribution in [1.82, 2.24) is 25.4 Å². The summed E-state index contributed by atoms with van der Waals surface area (Å²) >= 11 is 1.56. The Kier molecular flexibility index (Phi) is 4.85. The summed E-state index contributed by atoms with van der Waals surface area (Å²) < 4.78 is 1.51. The molecule has 0 spiro atoms. The second-order valence-electron chi connectivity index (χ2n) is 6.14. The fraction of sp³-hybridized carbons (Fsp3) is 0.500. The lowest BCUT2D eigenvalue weighted by atomic mass is 10.1. The minimum atomic E-state index is -0.340. The molecule has 1 aliphatic rings. The maximum atomic E-state index is 12.6. The second-order valence-corrected chi connectivity index (χ2v) is 7.41. The van der Waals surface area contributed by atoms with Gasteiger partial charge in [-0.1, -0.05) is 6.92 Å². The van der Waals surface area contributed by atoms with Gasteiger partial charge in [-0.2, -0.15) is 11.8 Å². The molecule has 2 aromatic rings. The van der Waals surface area contributed by atoms with Crippen LogP contribution in [0.2, 0.25) is 0 Å². The molecule has 1 aliphatic carbocycles. The zero-order valence-corrected chi connectivity index (χ0v) is 15.2. The van der Waals surface area contributed by atoms with Crippen LogP contribution >= 0.6 is 11.8 Å². The number of amides is 2. The molecule has 0 aromatic carbocycles. The number of hydrogen-bond donors (Lipinski definition) is 3. The van der Waals surface area contributed by atoms with Crippen LogP contribution in [0.1, 0.15) is 29.4 Å². The normalized spacial score (nSPS) is 19.0. The smallest absolute Gasteiger partial charge is 0.274 e. The van der Waals surface area contributed by atoms with E-state index >= 15 is 0 Å². The number of H-pyrrole nitrogens is 1. The molecule has 1 saturated carbocycles. The highest BCUT2D eigenvalue weighted by Crippen LogP contribution is 2.23. The molecule has 9 heteroatoms. The van der Waals surface area contributed by atoms with Gasteiger partial charge >= 0.3 is 0 Å². The molecule has 3 N–H and O–H groups in total. The Bertz CT molecular complexity index is 888. The van der Waals surface area contributed by atoms with E-state index in [0.29, 0.717) is 29.1 Å². The molecular weight excluding hydrogens is 342 g/mol. The van der Waals surface area contributed by atoms with Gasteiger partial charge in [0.15, 0.2) is 5.65 Å². The van der Waals surface area contributed by atoms with Crippen LogP contribution in [0.4, 0.5) is 0 Å². The first-order valence-electron chi connectivity index (χ1n) is 8.15. The lowest BCUT2D eigenvalue weighted by molar-refractivity contribution is -0.118. The number of carbonyl (C=O) groups is 2. The van der Waals surface area contributed by atoms with E-state index in [1.165, 1.54) is 4.68 Å². The molecule has 1 fully saturated rings. The van der Waals surface area contributed by atoms with Gasteiger partial charge in [-0.25, -0.2) is 4.98 Å². The molecule has 2 heterocycles. The summed E-state index contributed by atoms with van der Waals surface area (Å²) in [6.07, 6.45) is 0.701. The number of thioether (sulfide) groups is 1. The van der Waals surface area contributed by atoms with Gasteiger partial charge < -0.3 is 10.6 Å². The van der Waals surface area contributed by atoms with Crippen LogP contribution < -0.4 is 16.2 Å². The van der Waals surface area contributed by atoms with E-state index in [4.69, 9.17) is 0 Å². The van der Waals surface area contributed by atoms with Gasteiger partial charge in [-0.05, 0) is 25.2 Å². The van der Waals surface area contributed by atoms with Gasteiger partial charge in [0.2, 0.25) is 5.91 Å². The average molecular weight is 363 g/mol. The van der Waals surface area contributed by atoms with Crippen molar-refractivity contribution in [3.63, 3.8) is 0 Å². The molecule has 0 radical (unpaired) electrons. The molecule has 2 amide bonds. The van der Waals surface area contributed by atoms with Crippen LogP contribution in [0, 0.1) is 6.92 Å². The number of rotatable bonds is 6. The molecule has 25 heavy (non-hydrogen) atoms. The molecule has 0 bridgehead atoms. The van der Waals surface area contributed by atoms with Crippen molar-refractivity contribution < 1.29 is 9.59 Å². The lowest BCUT2D eigenvalue weighted by Crippen LogP contribution is -2.35. The van der Waals surface area contributed by atoms with Gasteiger partial charge in [0, 0.05) is 12.7 Å². The molecular formula is C16H21N5O3S. The summed E-state index contributed by atoms with van der Waals surface area (Å²) in [7, 11) is 1.68. The highest BCUT2D eigenvalue weighted by molar-refractivity contribution is 7.99. The quantitative estimate of drug-likeness (QED) is 0.684. The van der Waals surface area contributed by atoms with Crippen LogP contribution in [0.5, 0.6) is 0 Å². The largest absolute Gasteiger partial charge is 0.351 e. The molecule has 8 nitrogen and oxygen atoms in total. The van der Waals surface area contributed by atoms with Crippen LogP contribution in [0.25, 0.3) is 11.0 Å². The van der Waals surface area contributed by atoms with Gasteiger partial charge in [0.05, 0.1) is 28.8 Å². The average Bonchev–Trinajstić information content (AvgIpc) is 3.21. The SMILES string of the molecule is CCSCC(=O)N[C@H]1C[C@@H]1NC(=O)c1cc(C)nc2c1c(=O)[nH]n2C. The highest BCUT2D eigenvalue weighted by Gasteiger charge is 2.40. The first-order chi connectivity index (χ1) is 11.9. The van der Waals surface area contributed by atoms with Crippen LogP contribution in [0.3, 0.4) is 0 Å². The number of hydrogen-bond acceptors (Lipinski definition) is 5. The summed E-state index contributed by atoms with van der Waals surface area (Å²) in [4.78, 5) is 40.7. The van der Waals surface area contributed by atoms with Crippen molar-refractivity contribution in [2.24, 2.45) is 7.05 Å². The van der Waals surface area contributed by atoms with E-state index in [-0.39, 0.29) is 34.8 Å². The monoisotopic (exact) mass is 363 g/mol. The Morgan fingerprint density at radius 1 is 1.40 bits per heavy atom. The van der Waals surface area contributed by atoms with Crippen molar-refractivity contribution in [2.45, 2.75) is 32.4 Å². The molecule has 0 unspecified atom stereocenters. The maximum Gasteiger partial charge on any atom is 0.274 e. The fourth-order valence-electron chi connectivity index (χ4n) is 2.77. The minimum Gasteiger partial charge on any atom is -0.351 e. The van der Waals surface area contributed by atoms with E-state index in [1.807, 2.05) is 6.92 Å². The van der Waals surface area contributed by atoms with Crippen molar-refractivity contribution in [2.75, 3.05) is 11.5 Å². The first-order valence-corrected chi connectivity index (χ1v) is 9.30. The summed E-state index contributed by atoms with van der Waals surface area (Å²) in [5, 5.41) is 8.69. The number of nitrogens with zero attached hydrogens (tertiary/aromatic N) is 2. The van der Waals surface area contributed by atoms with E-state index in [0.717, 1.165) is 5.75 Å². The number of fused-ring (bicyclic) bond motifs is 1. The summed E-state index contributed by atoms with van der Waals surface area (Å²) in [6, 6.07) is 1.47. The van der Waals surface area contributed by atoms with Gasteiger partial charge in [-0.15, -0.1) is 0 Å². The molecule has 2 aromatic heterocycles. The highest BCUT2D eigenvalue weighted by atomic mass is 32.2. The standard InChI is InChI=1S/C16H21N5O3S/c1-4-25-7-12(22)18-10-6-11(10)19-15(23)9-5-8(2)17-14-13(9)16(24)20-21(14)3/h5,10-11H,4,6-7H2,1-3H3,(H,18,22)(H,19,23)(H,20,24)/t10-,11-/m0/s1. The topological polar surface area (TPSA) is 109 Å². The van der Waals surface area contributed by atoms with Crippen LogP contribution in [0.15, 0.2) is 10.9 Å². The van der Waals surface area contributed by atoms with Crippen LogP contribution in [-0.2, 0) is 11.8 Å². The van der Waals surface area contributed by atoms with Gasteiger partial charge in [0.25, 0.3) is 11.5 Å². The van der Waals surface area contributed by atoms with Gasteiger partial charge in [0.1, 0.15) is 0 Å². The Morgan fingerprint density at radius 2 is 2.12 bits per heavy atom. The van der Waals surface area contributed by atoms with Crippen molar-refractivity contribution in [3.8, 4) is 0 Å². The Morgan fingerprint density at radius 3 is 2.84 bits per heavy atom. The summed E-state index contributed by atoms with van der Waals surface area (Å²) in [6.45, 7) is 3.78.